The molecule has 0 radical (unpaired) electrons. The number of carbonyl (C=O) groups excluding carboxylic acids is 3. The predicted molar refractivity (Wildman–Crippen MR) is 128 cm³/mol. The van der Waals surface area contributed by atoms with Crippen molar-refractivity contribution in [2.75, 3.05) is 32.8 Å². The van der Waals surface area contributed by atoms with Crippen LogP contribution in [0.2, 0.25) is 0 Å². The summed E-state index contributed by atoms with van der Waals surface area (Å²) < 4.78 is 7.16. The van der Waals surface area contributed by atoms with E-state index in [1.54, 1.807) is 6.20 Å². The van der Waals surface area contributed by atoms with E-state index < -0.39 is 42.3 Å². The van der Waals surface area contributed by atoms with E-state index in [0.29, 0.717) is 18.3 Å². The highest BCUT2D eigenvalue weighted by Gasteiger charge is 2.44. The molecule has 4 rings (SSSR count). The Hall–Kier alpha value is -2.65. The molecule has 5 atom stereocenters. The first-order valence-electron chi connectivity index (χ1n) is 12.9. The van der Waals surface area contributed by atoms with Crippen LogP contribution in [0.15, 0.2) is 6.20 Å². The predicted octanol–water partition coefficient (Wildman–Crippen LogP) is -3.33. The second-order valence-electron chi connectivity index (χ2n) is 9.92. The van der Waals surface area contributed by atoms with Crippen molar-refractivity contribution in [3.8, 4) is 0 Å². The number of nitrogens with zero attached hydrogens (tertiary/aromatic N) is 4. The van der Waals surface area contributed by atoms with Gasteiger partial charge in [-0.1, -0.05) is 18.1 Å². The summed E-state index contributed by atoms with van der Waals surface area (Å²) in [5, 5.41) is 46.6. The van der Waals surface area contributed by atoms with Crippen molar-refractivity contribution in [3.63, 3.8) is 0 Å². The topological polar surface area (TPSA) is 191 Å². The number of fused-ring (bicyclic) bond motifs is 2. The fourth-order valence-corrected chi connectivity index (χ4v) is 5.09. The van der Waals surface area contributed by atoms with Crippen LogP contribution in [-0.2, 0) is 32.1 Å². The highest BCUT2D eigenvalue weighted by Crippen LogP contribution is 2.24. The van der Waals surface area contributed by atoms with Crippen molar-refractivity contribution in [2.24, 2.45) is 0 Å². The van der Waals surface area contributed by atoms with Gasteiger partial charge in [0.15, 0.2) is 0 Å². The minimum atomic E-state index is -1.29. The molecule has 206 valence electrons. The minimum absolute atomic E-state index is 0.0273. The van der Waals surface area contributed by atoms with Crippen LogP contribution in [0.5, 0.6) is 0 Å². The highest BCUT2D eigenvalue weighted by molar-refractivity contribution is 5.90. The summed E-state index contributed by atoms with van der Waals surface area (Å²) in [5.74, 6) is -1.43. The summed E-state index contributed by atoms with van der Waals surface area (Å²) in [4.78, 5) is 40.5. The van der Waals surface area contributed by atoms with Crippen molar-refractivity contribution in [3.05, 3.63) is 11.9 Å². The molecule has 0 unspecified atom stereocenters. The van der Waals surface area contributed by atoms with Crippen LogP contribution in [-0.4, -0.2) is 122 Å². The van der Waals surface area contributed by atoms with Crippen LogP contribution in [0.4, 0.5) is 0 Å². The van der Waals surface area contributed by atoms with Gasteiger partial charge in [-0.15, -0.1) is 5.10 Å². The van der Waals surface area contributed by atoms with Gasteiger partial charge in [0, 0.05) is 38.3 Å². The number of aliphatic hydroxyl groups is 3. The van der Waals surface area contributed by atoms with Crippen molar-refractivity contribution < 1.29 is 34.4 Å². The van der Waals surface area contributed by atoms with Gasteiger partial charge in [-0.25, -0.2) is 4.68 Å². The minimum Gasteiger partial charge on any atom is -0.394 e. The summed E-state index contributed by atoms with van der Waals surface area (Å²) in [6.45, 7) is 0.494. The molecule has 2 saturated heterocycles. The average molecular weight is 524 g/mol. The first-order chi connectivity index (χ1) is 17.8. The molecule has 0 aromatic carbocycles. The van der Waals surface area contributed by atoms with Gasteiger partial charge in [-0.2, -0.15) is 0 Å². The van der Waals surface area contributed by atoms with Crippen molar-refractivity contribution in [1.82, 2.24) is 35.8 Å². The van der Waals surface area contributed by atoms with Gasteiger partial charge < -0.3 is 40.9 Å². The van der Waals surface area contributed by atoms with Crippen LogP contribution in [0, 0.1) is 0 Å². The zero-order valence-electron chi connectivity index (χ0n) is 20.8. The molecule has 3 amide bonds. The molecule has 2 aliphatic heterocycles. The molecule has 3 fully saturated rings. The summed E-state index contributed by atoms with van der Waals surface area (Å²) >= 11 is 0. The summed E-state index contributed by atoms with van der Waals surface area (Å²) in [7, 11) is 0. The second kappa shape index (κ2) is 12.7. The number of hydrogen-bond donors (Lipinski definition) is 6. The zero-order valence-corrected chi connectivity index (χ0v) is 20.8. The Bertz CT molecular complexity index is 938. The summed E-state index contributed by atoms with van der Waals surface area (Å²) in [6.07, 6.45) is 1.48. The Morgan fingerprint density at radius 2 is 1.86 bits per heavy atom. The fraction of sp³-hybridized carbons (Fsp3) is 0.783. The van der Waals surface area contributed by atoms with Crippen molar-refractivity contribution in [2.45, 2.75) is 81.6 Å². The van der Waals surface area contributed by atoms with Crippen LogP contribution >= 0.6 is 0 Å². The molecule has 6 N–H and O–H groups in total. The monoisotopic (exact) mass is 523 g/mol. The van der Waals surface area contributed by atoms with E-state index in [-0.39, 0.29) is 51.5 Å². The van der Waals surface area contributed by atoms with Gasteiger partial charge >= 0.3 is 0 Å². The smallest absolute Gasteiger partial charge is 0.243 e. The van der Waals surface area contributed by atoms with E-state index in [1.807, 2.05) is 0 Å². The van der Waals surface area contributed by atoms with E-state index in [0.717, 1.165) is 12.8 Å². The maximum absolute atomic E-state index is 13.2. The molecule has 1 aliphatic carbocycles. The first kappa shape index (κ1) is 27.4. The van der Waals surface area contributed by atoms with E-state index >= 15 is 0 Å². The molecule has 2 bridgehead atoms. The largest absolute Gasteiger partial charge is 0.394 e. The lowest BCUT2D eigenvalue weighted by Crippen LogP contribution is -2.53. The number of ether oxygens (including phenoxy) is 1. The molecule has 1 aromatic rings. The van der Waals surface area contributed by atoms with Crippen LogP contribution in [0.3, 0.4) is 0 Å². The number of hydrogen-bond acceptors (Lipinski definition) is 10. The normalized spacial score (nSPS) is 30.0. The molecule has 14 nitrogen and oxygen atoms in total. The Morgan fingerprint density at radius 1 is 1.11 bits per heavy atom. The standard InChI is InChI=1S/C23H37N7O7/c31-8-7-30-12-15(27-28-30)9-16-23(36)25-11-18-22(35)21(34)17(37-18)10-20(33)29(13-19(32)26-16)6-5-24-14-3-1-2-4-14/h12,14,16-18,21-22,24,31,34-35H,1-11,13H2,(H,25,36)(H,26,32)/t16-,17+,18-,21+,22-/m1/s1. The molecular weight excluding hydrogens is 486 g/mol. The number of amides is 3. The van der Waals surface area contributed by atoms with Crippen LogP contribution in [0.1, 0.15) is 37.8 Å². The lowest BCUT2D eigenvalue weighted by Gasteiger charge is -2.26. The highest BCUT2D eigenvalue weighted by atomic mass is 16.5. The van der Waals surface area contributed by atoms with Crippen LogP contribution < -0.4 is 16.0 Å². The zero-order chi connectivity index (χ0) is 26.4. The van der Waals surface area contributed by atoms with Gasteiger partial charge in [-0.05, 0) is 12.8 Å². The third-order valence-electron chi connectivity index (χ3n) is 7.15. The Balaban J connectivity index is 1.48. The second-order valence-corrected chi connectivity index (χ2v) is 9.92. The average Bonchev–Trinajstić information content (AvgIpc) is 3.60. The van der Waals surface area contributed by atoms with Gasteiger partial charge in [0.05, 0.1) is 37.9 Å². The number of nitrogens with one attached hydrogen (secondary N) is 3. The van der Waals surface area contributed by atoms with Gasteiger partial charge in [0.2, 0.25) is 17.7 Å². The van der Waals surface area contributed by atoms with Crippen molar-refractivity contribution >= 4 is 17.7 Å². The number of carbonyl (C=O) groups is 3. The lowest BCUT2D eigenvalue weighted by atomic mass is 10.0. The Morgan fingerprint density at radius 3 is 2.62 bits per heavy atom. The molecule has 37 heavy (non-hydrogen) atoms. The molecule has 14 heteroatoms. The molecule has 3 heterocycles. The SMILES string of the molecule is O=C1CN(CCNC2CCCC2)C(=O)C[C@@H]2O[C@H](CNC(=O)[C@@H](Cc3cn(CCO)nn3)N1)[C@@H](O)[C@H]2O. The van der Waals surface area contributed by atoms with Gasteiger partial charge in [-0.3, -0.25) is 14.4 Å². The quantitative estimate of drug-likeness (QED) is 0.201. The Kier molecular flexibility index (Phi) is 9.43. The third-order valence-corrected chi connectivity index (χ3v) is 7.15. The van der Waals surface area contributed by atoms with E-state index in [2.05, 4.69) is 26.3 Å². The van der Waals surface area contributed by atoms with E-state index in [9.17, 15) is 24.6 Å². The Labute approximate surface area is 214 Å². The van der Waals surface area contributed by atoms with Gasteiger partial charge in [0.1, 0.15) is 24.4 Å². The molecular formula is C23H37N7O7. The maximum atomic E-state index is 13.2. The number of aromatic nitrogens is 3. The maximum Gasteiger partial charge on any atom is 0.243 e. The third kappa shape index (κ3) is 7.23. The van der Waals surface area contributed by atoms with Crippen molar-refractivity contribution in [1.29, 1.82) is 0 Å². The number of rotatable bonds is 8. The van der Waals surface area contributed by atoms with E-state index in [1.165, 1.54) is 22.4 Å². The van der Waals surface area contributed by atoms with Gasteiger partial charge in [0.25, 0.3) is 0 Å². The molecule has 1 saturated carbocycles. The lowest BCUT2D eigenvalue weighted by molar-refractivity contribution is -0.139. The first-order valence-corrected chi connectivity index (χ1v) is 12.9. The summed E-state index contributed by atoms with van der Waals surface area (Å²) in [6, 6.07) is -0.636. The molecule has 3 aliphatic rings. The molecule has 1 aromatic heterocycles. The molecule has 0 spiro atoms. The van der Waals surface area contributed by atoms with Crippen LogP contribution in [0.25, 0.3) is 0 Å². The number of aliphatic hydroxyl groups excluding tert-OH is 3. The van der Waals surface area contributed by atoms with E-state index in [4.69, 9.17) is 9.84 Å². The summed E-state index contributed by atoms with van der Waals surface area (Å²) in [5.41, 5.74) is 0.430. The fourth-order valence-electron chi connectivity index (χ4n) is 5.09.